The van der Waals surface area contributed by atoms with Crippen molar-refractivity contribution in [3.05, 3.63) is 30.3 Å². The molecular formula is C6H6OPSi. The molecule has 0 aliphatic heterocycles. The molecule has 0 aromatic heterocycles. The van der Waals surface area contributed by atoms with Gasteiger partial charge in [0.15, 0.2) is 0 Å². The average molecular weight is 153 g/mol. The maximum absolute atomic E-state index is 8.63. The number of hydrogen-bond acceptors (Lipinski definition) is 1. The van der Waals surface area contributed by atoms with Crippen LogP contribution in [0.2, 0.25) is 0 Å². The Balaban J connectivity index is 0. The van der Waals surface area contributed by atoms with Crippen molar-refractivity contribution < 1.29 is 5.11 Å². The third-order valence-corrected chi connectivity index (χ3v) is 0.756. The maximum atomic E-state index is 8.63. The van der Waals surface area contributed by atoms with E-state index in [1.54, 1.807) is 24.3 Å². The molecule has 0 spiro atoms. The normalized spacial score (nSPS) is 6.67. The zero-order chi connectivity index (χ0) is 5.11. The fourth-order valence-corrected chi connectivity index (χ4v) is 0.428. The van der Waals surface area contributed by atoms with Crippen LogP contribution in [0.1, 0.15) is 0 Å². The third kappa shape index (κ3) is 4.19. The Hall–Kier alpha value is -0.333. The van der Waals surface area contributed by atoms with Gasteiger partial charge in [-0.2, -0.15) is 0 Å². The molecule has 9 heavy (non-hydrogen) atoms. The third-order valence-electron chi connectivity index (χ3n) is 0.756. The minimum Gasteiger partial charge on any atom is -0.508 e. The summed E-state index contributed by atoms with van der Waals surface area (Å²) in [4.78, 5) is 0. The highest BCUT2D eigenvalue weighted by Gasteiger charge is 1.74. The molecule has 3 heteroatoms. The van der Waals surface area contributed by atoms with E-state index >= 15 is 0 Å². The Bertz CT molecular complexity index is 143. The largest absolute Gasteiger partial charge is 0.508 e. The lowest BCUT2D eigenvalue weighted by molar-refractivity contribution is 0.475. The van der Waals surface area contributed by atoms with Gasteiger partial charge in [-0.3, -0.25) is 0 Å². The van der Waals surface area contributed by atoms with Gasteiger partial charge in [-0.05, 0) is 12.1 Å². The van der Waals surface area contributed by atoms with Crippen molar-refractivity contribution in [2.24, 2.45) is 0 Å². The number of phenolic OH excluding ortho intramolecular Hbond substituents is 1. The topological polar surface area (TPSA) is 20.2 Å². The number of aromatic hydroxyl groups is 1. The first-order valence-electron chi connectivity index (χ1n) is 2.13. The van der Waals surface area contributed by atoms with Crippen molar-refractivity contribution in [1.29, 1.82) is 0 Å². The van der Waals surface area contributed by atoms with Crippen LogP contribution in [0.25, 0.3) is 0 Å². The van der Waals surface area contributed by atoms with Crippen molar-refractivity contribution in [3.8, 4) is 5.75 Å². The zero-order valence-electron chi connectivity index (χ0n) is 4.78. The van der Waals surface area contributed by atoms with Gasteiger partial charge in [0.1, 0.15) is 5.75 Å². The predicted molar refractivity (Wildman–Crippen MR) is 40.8 cm³/mol. The van der Waals surface area contributed by atoms with Crippen molar-refractivity contribution in [1.82, 2.24) is 0 Å². The molecular weight excluding hydrogens is 147 g/mol. The van der Waals surface area contributed by atoms with E-state index in [1.165, 1.54) is 0 Å². The van der Waals surface area contributed by atoms with Crippen LogP contribution >= 0.6 is 9.90 Å². The molecule has 0 aliphatic rings. The fraction of sp³-hybridized carbons (Fsp3) is 0. The quantitative estimate of drug-likeness (QED) is 0.445. The van der Waals surface area contributed by atoms with E-state index in [4.69, 9.17) is 5.11 Å². The molecule has 7 radical (unpaired) electrons. The molecule has 1 aromatic rings. The van der Waals surface area contributed by atoms with Gasteiger partial charge >= 0.3 is 0 Å². The van der Waals surface area contributed by atoms with Crippen LogP contribution in [0.3, 0.4) is 0 Å². The van der Waals surface area contributed by atoms with Crippen LogP contribution in [0.4, 0.5) is 0 Å². The first-order chi connectivity index (χ1) is 3.39. The average Bonchev–Trinajstić information content (AvgIpc) is 1.69. The predicted octanol–water partition coefficient (Wildman–Crippen LogP) is 1.87. The van der Waals surface area contributed by atoms with E-state index < -0.39 is 0 Å². The first kappa shape index (κ1) is 11.5. The van der Waals surface area contributed by atoms with Crippen LogP contribution in [-0.2, 0) is 0 Å². The summed E-state index contributed by atoms with van der Waals surface area (Å²) in [6.45, 7) is 0. The van der Waals surface area contributed by atoms with Gasteiger partial charge in [0, 0.05) is 20.9 Å². The van der Waals surface area contributed by atoms with E-state index in [0.717, 1.165) is 0 Å². The number of para-hydroxylation sites is 1. The standard InChI is InChI=1S/C6H6O.P.Si/c7-6-4-2-1-3-5-6;;/h1-5,7H;;. The summed E-state index contributed by atoms with van der Waals surface area (Å²) in [5.41, 5.74) is 0. The molecule has 1 N–H and O–H groups in total. The van der Waals surface area contributed by atoms with Crippen LogP contribution in [0.15, 0.2) is 30.3 Å². The number of phenols is 1. The Morgan fingerprint density at radius 2 is 1.44 bits per heavy atom. The molecule has 0 amide bonds. The van der Waals surface area contributed by atoms with Crippen LogP contribution < -0.4 is 0 Å². The minimum absolute atomic E-state index is 0. The van der Waals surface area contributed by atoms with Gasteiger partial charge in [-0.1, -0.05) is 18.2 Å². The Kier molecular flexibility index (Phi) is 7.38. The van der Waals surface area contributed by atoms with E-state index in [2.05, 4.69) is 0 Å². The molecule has 0 aliphatic carbocycles. The SMILES string of the molecule is Oc1ccccc1.[P].[Si]. The molecule has 1 rings (SSSR count). The maximum Gasteiger partial charge on any atom is 0.115 e. The fourth-order valence-electron chi connectivity index (χ4n) is 0.428. The highest BCUT2D eigenvalue weighted by atomic mass is 31.0. The molecule has 0 atom stereocenters. The molecule has 0 heterocycles. The smallest absolute Gasteiger partial charge is 0.115 e. The summed E-state index contributed by atoms with van der Waals surface area (Å²) in [7, 11) is 0. The highest BCUT2D eigenvalue weighted by molar-refractivity contribution is 6.92. The van der Waals surface area contributed by atoms with Gasteiger partial charge in [0.2, 0.25) is 0 Å². The summed E-state index contributed by atoms with van der Waals surface area (Å²) < 4.78 is 0. The number of hydrogen-bond donors (Lipinski definition) is 1. The highest BCUT2D eigenvalue weighted by Crippen LogP contribution is 2.02. The van der Waals surface area contributed by atoms with Crippen molar-refractivity contribution in [3.63, 3.8) is 0 Å². The van der Waals surface area contributed by atoms with E-state index in [1.807, 2.05) is 6.07 Å². The summed E-state index contributed by atoms with van der Waals surface area (Å²) in [5.74, 6) is 0.322. The lowest BCUT2D eigenvalue weighted by atomic mass is 10.3. The van der Waals surface area contributed by atoms with E-state index in [0.29, 0.717) is 5.75 Å². The van der Waals surface area contributed by atoms with E-state index in [-0.39, 0.29) is 20.9 Å². The molecule has 0 saturated carbocycles. The van der Waals surface area contributed by atoms with Gasteiger partial charge < -0.3 is 5.11 Å². The van der Waals surface area contributed by atoms with Gasteiger partial charge in [-0.15, -0.1) is 0 Å². The van der Waals surface area contributed by atoms with Gasteiger partial charge in [0.05, 0.1) is 0 Å². The summed E-state index contributed by atoms with van der Waals surface area (Å²) >= 11 is 0. The number of rotatable bonds is 0. The second kappa shape index (κ2) is 5.80. The molecule has 0 bridgehead atoms. The van der Waals surface area contributed by atoms with Crippen LogP contribution in [-0.4, -0.2) is 16.1 Å². The minimum atomic E-state index is 0. The molecule has 1 nitrogen and oxygen atoms in total. The molecule has 45 valence electrons. The summed E-state index contributed by atoms with van der Waals surface area (Å²) in [6.07, 6.45) is 0. The second-order valence-corrected chi connectivity index (χ2v) is 1.34. The zero-order valence-corrected chi connectivity index (χ0v) is 6.68. The van der Waals surface area contributed by atoms with Crippen molar-refractivity contribution in [2.75, 3.05) is 0 Å². The summed E-state index contributed by atoms with van der Waals surface area (Å²) in [5, 5.41) is 8.63. The number of benzene rings is 1. The first-order valence-corrected chi connectivity index (χ1v) is 2.13. The van der Waals surface area contributed by atoms with Crippen molar-refractivity contribution in [2.45, 2.75) is 0 Å². The molecule has 0 fully saturated rings. The van der Waals surface area contributed by atoms with Gasteiger partial charge in [0.25, 0.3) is 0 Å². The van der Waals surface area contributed by atoms with Gasteiger partial charge in [-0.25, -0.2) is 0 Å². The van der Waals surface area contributed by atoms with Crippen LogP contribution in [0, 0.1) is 0 Å². The van der Waals surface area contributed by atoms with Crippen molar-refractivity contribution >= 4 is 20.9 Å². The van der Waals surface area contributed by atoms with E-state index in [9.17, 15) is 0 Å². The Morgan fingerprint density at radius 3 is 1.67 bits per heavy atom. The van der Waals surface area contributed by atoms with Crippen LogP contribution in [0.5, 0.6) is 5.75 Å². The Labute approximate surface area is 62.7 Å². The Morgan fingerprint density at radius 1 is 1.00 bits per heavy atom. The second-order valence-electron chi connectivity index (χ2n) is 1.34. The molecule has 0 saturated heterocycles. The molecule has 1 aromatic carbocycles. The lowest BCUT2D eigenvalue weighted by Crippen LogP contribution is -1.56. The summed E-state index contributed by atoms with van der Waals surface area (Å²) in [6, 6.07) is 8.71. The molecule has 0 unspecified atom stereocenters. The lowest BCUT2D eigenvalue weighted by Gasteiger charge is -1.82. The monoisotopic (exact) mass is 153 g/mol.